The van der Waals surface area contributed by atoms with Gasteiger partial charge in [0.1, 0.15) is 0 Å². The summed E-state index contributed by atoms with van der Waals surface area (Å²) in [5.41, 5.74) is 4.16. The van der Waals surface area contributed by atoms with Gasteiger partial charge in [-0.05, 0) is 29.7 Å². The van der Waals surface area contributed by atoms with Gasteiger partial charge in [-0.15, -0.1) is 0 Å². The Labute approximate surface area is 138 Å². The molecule has 114 valence electrons. The van der Waals surface area contributed by atoms with Crippen LogP contribution < -0.4 is 5.43 Å². The minimum Gasteiger partial charge on any atom is -0.388 e. The van der Waals surface area contributed by atoms with Gasteiger partial charge in [-0.25, -0.2) is 5.43 Å². The summed E-state index contributed by atoms with van der Waals surface area (Å²) in [6.07, 6.45) is 1.52. The fourth-order valence-electron chi connectivity index (χ4n) is 1.93. The second-order valence-electron chi connectivity index (χ2n) is 4.81. The Balaban J connectivity index is 1.76. The molecule has 2 aromatic rings. The molecule has 0 aliphatic carbocycles. The predicted octanol–water partition coefficient (Wildman–Crippen LogP) is 3.41. The molecule has 0 radical (unpaired) electrons. The second kappa shape index (κ2) is 8.46. The van der Waals surface area contributed by atoms with E-state index in [4.69, 9.17) is 0 Å². The van der Waals surface area contributed by atoms with Crippen LogP contribution >= 0.6 is 15.9 Å². The number of nitrogens with zero attached hydrogens (tertiary/aromatic N) is 1. The van der Waals surface area contributed by atoms with Crippen molar-refractivity contribution in [1.82, 2.24) is 5.43 Å². The molecule has 1 amide bonds. The normalized spacial score (nSPS) is 12.3. The number of hydrazone groups is 1. The van der Waals surface area contributed by atoms with Crippen LogP contribution in [0.5, 0.6) is 0 Å². The highest BCUT2D eigenvalue weighted by Gasteiger charge is 2.09. The Morgan fingerprint density at radius 2 is 2.00 bits per heavy atom. The molecule has 0 aliphatic rings. The van der Waals surface area contributed by atoms with E-state index in [0.29, 0.717) is 6.42 Å². The average molecular weight is 361 g/mol. The molecular weight excluding hydrogens is 344 g/mol. The van der Waals surface area contributed by atoms with Crippen LogP contribution in [0, 0.1) is 0 Å². The zero-order valence-corrected chi connectivity index (χ0v) is 13.5. The van der Waals surface area contributed by atoms with E-state index < -0.39 is 6.10 Å². The number of amides is 1. The van der Waals surface area contributed by atoms with Gasteiger partial charge >= 0.3 is 0 Å². The molecule has 0 spiro atoms. The van der Waals surface area contributed by atoms with Crippen molar-refractivity contribution in [2.75, 3.05) is 0 Å². The Kier molecular flexibility index (Phi) is 6.30. The molecule has 4 nitrogen and oxygen atoms in total. The number of benzene rings is 2. The first kappa shape index (κ1) is 16.4. The van der Waals surface area contributed by atoms with E-state index >= 15 is 0 Å². The lowest BCUT2D eigenvalue weighted by Gasteiger charge is -2.09. The zero-order chi connectivity index (χ0) is 15.8. The van der Waals surface area contributed by atoms with Gasteiger partial charge in [0.05, 0.1) is 12.3 Å². The van der Waals surface area contributed by atoms with Crippen LogP contribution in [0.25, 0.3) is 0 Å². The van der Waals surface area contributed by atoms with Crippen molar-refractivity contribution in [3.05, 3.63) is 70.2 Å². The molecule has 0 bridgehead atoms. The number of carbonyl (C=O) groups is 1. The van der Waals surface area contributed by atoms with Gasteiger partial charge in [-0.1, -0.05) is 58.4 Å². The molecule has 2 rings (SSSR count). The van der Waals surface area contributed by atoms with Gasteiger partial charge in [-0.2, -0.15) is 5.10 Å². The lowest BCUT2D eigenvalue weighted by molar-refractivity contribution is -0.121. The first-order chi connectivity index (χ1) is 10.6. The average Bonchev–Trinajstić information content (AvgIpc) is 2.53. The molecule has 0 aliphatic heterocycles. The molecule has 2 aromatic carbocycles. The topological polar surface area (TPSA) is 61.7 Å². The van der Waals surface area contributed by atoms with Crippen molar-refractivity contribution in [3.63, 3.8) is 0 Å². The summed E-state index contributed by atoms with van der Waals surface area (Å²) in [4.78, 5) is 11.7. The van der Waals surface area contributed by atoms with Gasteiger partial charge < -0.3 is 5.11 Å². The number of nitrogens with one attached hydrogen (secondary N) is 1. The fourth-order valence-corrected chi connectivity index (χ4v) is 2.35. The van der Waals surface area contributed by atoms with Crippen molar-refractivity contribution in [2.24, 2.45) is 5.10 Å². The van der Waals surface area contributed by atoms with Crippen LogP contribution in [0.2, 0.25) is 0 Å². The number of hydrogen-bond donors (Lipinski definition) is 2. The number of halogens is 1. The number of hydrogen-bond acceptors (Lipinski definition) is 3. The summed E-state index contributed by atoms with van der Waals surface area (Å²) in [7, 11) is 0. The van der Waals surface area contributed by atoms with Gasteiger partial charge in [0.2, 0.25) is 5.91 Å². The molecule has 0 unspecified atom stereocenters. The van der Waals surface area contributed by atoms with E-state index in [1.165, 1.54) is 0 Å². The highest BCUT2D eigenvalue weighted by Crippen LogP contribution is 2.17. The Morgan fingerprint density at radius 3 is 2.73 bits per heavy atom. The molecule has 0 fully saturated rings. The maximum absolute atomic E-state index is 11.7. The maximum atomic E-state index is 11.7. The Hall–Kier alpha value is -1.98. The smallest absolute Gasteiger partial charge is 0.240 e. The summed E-state index contributed by atoms with van der Waals surface area (Å²) >= 11 is 3.37. The van der Waals surface area contributed by atoms with Crippen molar-refractivity contribution in [1.29, 1.82) is 0 Å². The van der Waals surface area contributed by atoms with Gasteiger partial charge in [-0.3, -0.25) is 4.79 Å². The van der Waals surface area contributed by atoms with Crippen LogP contribution in [-0.2, 0) is 4.79 Å². The fraction of sp³-hybridized carbons (Fsp3) is 0.176. The molecule has 0 aromatic heterocycles. The van der Waals surface area contributed by atoms with E-state index in [2.05, 4.69) is 26.5 Å². The summed E-state index contributed by atoms with van der Waals surface area (Å²) in [5.74, 6) is -0.221. The zero-order valence-electron chi connectivity index (χ0n) is 11.9. The van der Waals surface area contributed by atoms with Crippen molar-refractivity contribution < 1.29 is 9.90 Å². The summed E-state index contributed by atoms with van der Waals surface area (Å²) in [6.45, 7) is 0. The third-order valence-corrected chi connectivity index (χ3v) is 3.57. The monoisotopic (exact) mass is 360 g/mol. The maximum Gasteiger partial charge on any atom is 0.240 e. The van der Waals surface area contributed by atoms with Crippen molar-refractivity contribution in [2.45, 2.75) is 18.9 Å². The highest BCUT2D eigenvalue weighted by molar-refractivity contribution is 9.10. The molecule has 5 heteroatoms. The molecule has 1 atom stereocenters. The second-order valence-corrected chi connectivity index (χ2v) is 5.73. The number of carbonyl (C=O) groups excluding carboxylic acids is 1. The third kappa shape index (κ3) is 5.42. The minimum atomic E-state index is -0.638. The van der Waals surface area contributed by atoms with E-state index in [0.717, 1.165) is 15.6 Å². The number of aliphatic hydroxyl groups excluding tert-OH is 1. The molecule has 0 saturated heterocycles. The standard InChI is InChI=1S/C17H17BrN2O2/c18-15-8-4-5-13(11-15)12-19-20-17(22)10-9-16(21)14-6-2-1-3-7-14/h1-8,11-12,16,21H,9-10H2,(H,20,22)/b19-12-/t16-/m1/s1. The summed E-state index contributed by atoms with van der Waals surface area (Å²) < 4.78 is 0.953. The van der Waals surface area contributed by atoms with Crippen LogP contribution in [-0.4, -0.2) is 17.2 Å². The van der Waals surface area contributed by atoms with E-state index in [-0.39, 0.29) is 12.3 Å². The summed E-state index contributed by atoms with van der Waals surface area (Å²) in [5, 5.41) is 13.9. The SMILES string of the molecule is O=C(CC[C@@H](O)c1ccccc1)N/N=C\c1cccc(Br)c1. The number of rotatable bonds is 6. The van der Waals surface area contributed by atoms with Crippen LogP contribution in [0.15, 0.2) is 64.2 Å². The Bertz CT molecular complexity index is 644. The molecule has 2 N–H and O–H groups in total. The lowest BCUT2D eigenvalue weighted by atomic mass is 10.1. The molecular formula is C17H17BrN2O2. The molecule has 22 heavy (non-hydrogen) atoms. The van der Waals surface area contributed by atoms with Gasteiger partial charge in [0.25, 0.3) is 0 Å². The van der Waals surface area contributed by atoms with E-state index in [1.807, 2.05) is 54.6 Å². The predicted molar refractivity (Wildman–Crippen MR) is 90.5 cm³/mol. The third-order valence-electron chi connectivity index (χ3n) is 3.08. The largest absolute Gasteiger partial charge is 0.388 e. The summed E-state index contributed by atoms with van der Waals surface area (Å²) in [6, 6.07) is 16.9. The van der Waals surface area contributed by atoms with Crippen LogP contribution in [0.1, 0.15) is 30.1 Å². The van der Waals surface area contributed by atoms with Gasteiger partial charge in [0.15, 0.2) is 0 Å². The van der Waals surface area contributed by atoms with E-state index in [9.17, 15) is 9.90 Å². The van der Waals surface area contributed by atoms with E-state index in [1.54, 1.807) is 6.21 Å². The molecule has 0 heterocycles. The minimum absolute atomic E-state index is 0.214. The highest BCUT2D eigenvalue weighted by atomic mass is 79.9. The number of aliphatic hydroxyl groups is 1. The Morgan fingerprint density at radius 1 is 1.23 bits per heavy atom. The van der Waals surface area contributed by atoms with Crippen LogP contribution in [0.4, 0.5) is 0 Å². The van der Waals surface area contributed by atoms with Gasteiger partial charge in [0, 0.05) is 10.9 Å². The first-order valence-electron chi connectivity index (χ1n) is 6.95. The van der Waals surface area contributed by atoms with Crippen molar-refractivity contribution >= 4 is 28.1 Å². The first-order valence-corrected chi connectivity index (χ1v) is 7.75. The lowest BCUT2D eigenvalue weighted by Crippen LogP contribution is -2.18. The van der Waals surface area contributed by atoms with Crippen LogP contribution in [0.3, 0.4) is 0 Å². The van der Waals surface area contributed by atoms with Crippen molar-refractivity contribution in [3.8, 4) is 0 Å². The molecule has 0 saturated carbocycles. The quantitative estimate of drug-likeness (QED) is 0.612.